The molecule has 1 unspecified atom stereocenters. The molecule has 0 fully saturated rings. The first kappa shape index (κ1) is 15.6. The summed E-state index contributed by atoms with van der Waals surface area (Å²) in [5.74, 6) is 5.69. The molecule has 0 aliphatic rings. The number of nitrogens with one attached hydrogen (secondary N) is 1. The number of hydrazine groups is 1. The third-order valence-corrected chi connectivity index (χ3v) is 4.08. The average Bonchev–Trinajstić information content (AvgIpc) is 2.40. The zero-order valence-corrected chi connectivity index (χ0v) is 13.2. The van der Waals surface area contributed by atoms with Gasteiger partial charge in [-0.1, -0.05) is 40.9 Å². The molecule has 3 N–H and O–H groups in total. The first-order valence-electron chi connectivity index (χ1n) is 6.17. The Morgan fingerprint density at radius 2 is 1.70 bits per heavy atom. The van der Waals surface area contributed by atoms with Gasteiger partial charge in [0.05, 0.1) is 6.04 Å². The lowest BCUT2D eigenvalue weighted by Gasteiger charge is -2.19. The van der Waals surface area contributed by atoms with Crippen LogP contribution >= 0.6 is 34.8 Å². The Morgan fingerprint density at radius 1 is 1.05 bits per heavy atom. The predicted molar refractivity (Wildman–Crippen MR) is 86.4 cm³/mol. The summed E-state index contributed by atoms with van der Waals surface area (Å²) in [6.45, 7) is 2.01. The molecule has 2 aromatic rings. The smallest absolute Gasteiger partial charge is 0.0503 e. The zero-order chi connectivity index (χ0) is 14.7. The van der Waals surface area contributed by atoms with Crippen molar-refractivity contribution in [3.8, 4) is 0 Å². The Morgan fingerprint density at radius 3 is 2.35 bits per heavy atom. The van der Waals surface area contributed by atoms with Crippen LogP contribution in [-0.4, -0.2) is 0 Å². The second kappa shape index (κ2) is 6.79. The van der Waals surface area contributed by atoms with Crippen molar-refractivity contribution in [2.75, 3.05) is 0 Å². The highest BCUT2D eigenvalue weighted by molar-refractivity contribution is 6.33. The van der Waals surface area contributed by atoms with Crippen LogP contribution in [0.3, 0.4) is 0 Å². The molecule has 0 bridgehead atoms. The molecule has 5 heteroatoms. The first-order chi connectivity index (χ1) is 9.51. The number of aryl methyl sites for hydroxylation is 1. The van der Waals surface area contributed by atoms with Crippen molar-refractivity contribution in [2.45, 2.75) is 19.4 Å². The van der Waals surface area contributed by atoms with Crippen LogP contribution in [0.25, 0.3) is 0 Å². The van der Waals surface area contributed by atoms with E-state index in [-0.39, 0.29) is 6.04 Å². The number of rotatable bonds is 4. The van der Waals surface area contributed by atoms with Crippen molar-refractivity contribution in [1.29, 1.82) is 0 Å². The van der Waals surface area contributed by atoms with Crippen molar-refractivity contribution in [2.24, 2.45) is 5.84 Å². The van der Waals surface area contributed by atoms with E-state index in [1.807, 2.05) is 31.2 Å². The maximum atomic E-state index is 6.20. The fraction of sp³-hybridized carbons (Fsp3) is 0.200. The highest BCUT2D eigenvalue weighted by atomic mass is 35.5. The minimum atomic E-state index is -0.0526. The van der Waals surface area contributed by atoms with Crippen LogP contribution in [-0.2, 0) is 6.42 Å². The Kier molecular flexibility index (Phi) is 5.30. The van der Waals surface area contributed by atoms with Gasteiger partial charge in [-0.2, -0.15) is 0 Å². The number of nitrogens with two attached hydrogens (primary N) is 1. The fourth-order valence-electron chi connectivity index (χ4n) is 2.21. The van der Waals surface area contributed by atoms with Crippen LogP contribution in [0, 0.1) is 6.92 Å². The van der Waals surface area contributed by atoms with E-state index in [2.05, 4.69) is 5.43 Å². The largest absolute Gasteiger partial charge is 0.271 e. The van der Waals surface area contributed by atoms with E-state index in [0.29, 0.717) is 21.5 Å². The Bertz CT molecular complexity index is 614. The SMILES string of the molecule is Cc1cc(Cl)ccc1C(Cc1cc(Cl)ccc1Cl)NN. The Hall–Kier alpha value is -0.770. The molecular weight excluding hydrogens is 315 g/mol. The number of benzene rings is 2. The van der Waals surface area contributed by atoms with Crippen LogP contribution in [0.5, 0.6) is 0 Å². The highest BCUT2D eigenvalue weighted by Gasteiger charge is 2.15. The molecule has 2 nitrogen and oxygen atoms in total. The van der Waals surface area contributed by atoms with Crippen LogP contribution in [0.4, 0.5) is 0 Å². The quantitative estimate of drug-likeness (QED) is 0.630. The van der Waals surface area contributed by atoms with Crippen molar-refractivity contribution >= 4 is 34.8 Å². The molecule has 0 radical (unpaired) electrons. The summed E-state index contributed by atoms with van der Waals surface area (Å²) < 4.78 is 0. The van der Waals surface area contributed by atoms with E-state index in [0.717, 1.165) is 16.7 Å². The third kappa shape index (κ3) is 3.66. The second-order valence-corrected chi connectivity index (χ2v) is 5.94. The maximum Gasteiger partial charge on any atom is 0.0503 e. The van der Waals surface area contributed by atoms with E-state index < -0.39 is 0 Å². The number of hydrogen-bond donors (Lipinski definition) is 2. The molecule has 0 aliphatic heterocycles. The first-order valence-corrected chi connectivity index (χ1v) is 7.30. The van der Waals surface area contributed by atoms with Crippen molar-refractivity contribution < 1.29 is 0 Å². The molecule has 2 aromatic carbocycles. The van der Waals surface area contributed by atoms with Crippen LogP contribution in [0.1, 0.15) is 22.7 Å². The van der Waals surface area contributed by atoms with E-state index in [9.17, 15) is 0 Å². The van der Waals surface area contributed by atoms with Crippen LogP contribution < -0.4 is 11.3 Å². The van der Waals surface area contributed by atoms with Gasteiger partial charge in [0.1, 0.15) is 0 Å². The van der Waals surface area contributed by atoms with Crippen molar-refractivity contribution in [3.05, 3.63) is 68.2 Å². The van der Waals surface area contributed by atoms with E-state index >= 15 is 0 Å². The summed E-state index contributed by atoms with van der Waals surface area (Å²) in [6.07, 6.45) is 0.651. The van der Waals surface area contributed by atoms with Gasteiger partial charge in [-0.25, -0.2) is 0 Å². The van der Waals surface area contributed by atoms with Crippen molar-refractivity contribution in [1.82, 2.24) is 5.43 Å². The lowest BCUT2D eigenvalue weighted by Crippen LogP contribution is -2.30. The van der Waals surface area contributed by atoms with Gasteiger partial charge in [-0.15, -0.1) is 0 Å². The molecule has 0 aromatic heterocycles. The summed E-state index contributed by atoms with van der Waals surface area (Å²) in [4.78, 5) is 0. The van der Waals surface area contributed by atoms with Crippen LogP contribution in [0.2, 0.25) is 15.1 Å². The molecule has 0 saturated carbocycles. The molecule has 2 rings (SSSR count). The summed E-state index contributed by atoms with van der Waals surface area (Å²) in [6, 6.07) is 11.1. The minimum Gasteiger partial charge on any atom is -0.271 e. The molecule has 106 valence electrons. The summed E-state index contributed by atoms with van der Waals surface area (Å²) in [7, 11) is 0. The molecule has 1 atom stereocenters. The molecular formula is C15H15Cl3N2. The van der Waals surface area contributed by atoms with Gasteiger partial charge in [0, 0.05) is 15.1 Å². The summed E-state index contributed by atoms with van der Waals surface area (Å²) in [5, 5.41) is 2.05. The lowest BCUT2D eigenvalue weighted by atomic mass is 9.96. The van der Waals surface area contributed by atoms with Gasteiger partial charge in [-0.05, 0) is 60.4 Å². The Balaban J connectivity index is 2.31. The normalized spacial score (nSPS) is 12.4. The monoisotopic (exact) mass is 328 g/mol. The topological polar surface area (TPSA) is 38.0 Å². The molecule has 0 aliphatic carbocycles. The fourth-order valence-corrected chi connectivity index (χ4v) is 2.82. The van der Waals surface area contributed by atoms with Gasteiger partial charge >= 0.3 is 0 Å². The van der Waals surface area contributed by atoms with E-state index in [1.54, 1.807) is 12.1 Å². The van der Waals surface area contributed by atoms with Gasteiger partial charge < -0.3 is 0 Å². The minimum absolute atomic E-state index is 0.0526. The second-order valence-electron chi connectivity index (χ2n) is 4.66. The summed E-state index contributed by atoms with van der Waals surface area (Å²) >= 11 is 18.2. The van der Waals surface area contributed by atoms with E-state index in [4.69, 9.17) is 40.6 Å². The molecule has 0 saturated heterocycles. The zero-order valence-electron chi connectivity index (χ0n) is 11.0. The molecule has 0 spiro atoms. The van der Waals surface area contributed by atoms with Gasteiger partial charge in [0.25, 0.3) is 0 Å². The van der Waals surface area contributed by atoms with Gasteiger partial charge in [0.15, 0.2) is 0 Å². The predicted octanol–water partition coefficient (Wildman–Crippen LogP) is 4.70. The standard InChI is InChI=1S/C15H15Cl3N2/c1-9-6-11(16)2-4-13(9)15(20-19)8-10-7-12(17)3-5-14(10)18/h2-7,15,20H,8,19H2,1H3. The van der Waals surface area contributed by atoms with Gasteiger partial charge in [0.2, 0.25) is 0 Å². The third-order valence-electron chi connectivity index (χ3n) is 3.24. The number of hydrogen-bond acceptors (Lipinski definition) is 2. The Labute approximate surface area is 133 Å². The molecule has 0 amide bonds. The molecule has 20 heavy (non-hydrogen) atoms. The van der Waals surface area contributed by atoms with Crippen molar-refractivity contribution in [3.63, 3.8) is 0 Å². The summed E-state index contributed by atoms with van der Waals surface area (Å²) in [5.41, 5.74) is 5.96. The number of halogens is 3. The highest BCUT2D eigenvalue weighted by Crippen LogP contribution is 2.28. The maximum absolute atomic E-state index is 6.20. The average molecular weight is 330 g/mol. The van der Waals surface area contributed by atoms with Gasteiger partial charge in [-0.3, -0.25) is 11.3 Å². The lowest BCUT2D eigenvalue weighted by molar-refractivity contribution is 0.549. The molecule has 0 heterocycles. The van der Waals surface area contributed by atoms with Crippen LogP contribution in [0.15, 0.2) is 36.4 Å². The van der Waals surface area contributed by atoms with E-state index in [1.165, 1.54) is 0 Å².